The Bertz CT molecular complexity index is 1540. The molecule has 4 aromatic carbocycles. The molecule has 1 fully saturated rings. The summed E-state index contributed by atoms with van der Waals surface area (Å²) in [5.41, 5.74) is 4.01. The van der Waals surface area contributed by atoms with Crippen LogP contribution >= 0.6 is 0 Å². The number of nitrogens with zero attached hydrogens (tertiary/aromatic N) is 5. The third-order valence-corrected chi connectivity index (χ3v) is 6.72. The summed E-state index contributed by atoms with van der Waals surface area (Å²) in [4.78, 5) is 17.8. The Morgan fingerprint density at radius 2 is 1.57 bits per heavy atom. The van der Waals surface area contributed by atoms with Crippen molar-refractivity contribution < 1.29 is 13.9 Å². The maximum atomic E-state index is 14.2. The molecule has 2 amide bonds. The molecule has 184 valence electrons. The first-order valence-electron chi connectivity index (χ1n) is 12.0. The Morgan fingerprint density at radius 1 is 0.865 bits per heavy atom. The standard InChI is InChI=1S/C29H24FN5O2/c1-37-24-17-15-23(16-18-24)34-27(21-11-13-22(30)14-12-21)28(35-26-10-6-5-9-25(26)31-32-35)33(29(34)36)19-20-7-3-2-4-8-20/h2-18,27-28H,19H2,1H3/t27-,28-/m0/s1. The monoisotopic (exact) mass is 493 g/mol. The molecule has 0 bridgehead atoms. The summed E-state index contributed by atoms with van der Waals surface area (Å²) in [5.74, 6) is 0.349. The second-order valence-corrected chi connectivity index (χ2v) is 8.90. The van der Waals surface area contributed by atoms with Crippen molar-refractivity contribution in [1.82, 2.24) is 19.9 Å². The third-order valence-electron chi connectivity index (χ3n) is 6.72. The van der Waals surface area contributed by atoms with Crippen LogP contribution in [0.1, 0.15) is 23.3 Å². The van der Waals surface area contributed by atoms with E-state index >= 15 is 0 Å². The predicted molar refractivity (Wildman–Crippen MR) is 139 cm³/mol. The molecule has 1 aliphatic rings. The first kappa shape index (κ1) is 22.7. The van der Waals surface area contributed by atoms with Crippen molar-refractivity contribution in [2.24, 2.45) is 0 Å². The number of amides is 2. The van der Waals surface area contributed by atoms with Gasteiger partial charge in [0, 0.05) is 12.2 Å². The number of rotatable bonds is 6. The molecular formula is C29H24FN5O2. The minimum absolute atomic E-state index is 0.187. The lowest BCUT2D eigenvalue weighted by molar-refractivity contribution is 0.163. The van der Waals surface area contributed by atoms with Crippen LogP contribution in [0.2, 0.25) is 0 Å². The highest BCUT2D eigenvalue weighted by Gasteiger charge is 2.49. The highest BCUT2D eigenvalue weighted by molar-refractivity contribution is 5.96. The number of methoxy groups -OCH3 is 1. The van der Waals surface area contributed by atoms with E-state index < -0.39 is 12.2 Å². The van der Waals surface area contributed by atoms with Crippen molar-refractivity contribution in [3.63, 3.8) is 0 Å². The van der Waals surface area contributed by atoms with Crippen LogP contribution in [0.15, 0.2) is 103 Å². The maximum absolute atomic E-state index is 14.2. The molecule has 0 radical (unpaired) electrons. The van der Waals surface area contributed by atoms with Gasteiger partial charge in [0.15, 0.2) is 6.17 Å². The number of urea groups is 1. The van der Waals surface area contributed by atoms with Gasteiger partial charge in [-0.1, -0.05) is 59.8 Å². The first-order valence-corrected chi connectivity index (χ1v) is 12.0. The summed E-state index contributed by atoms with van der Waals surface area (Å²) in [7, 11) is 1.60. The molecule has 0 unspecified atom stereocenters. The number of hydrogen-bond donors (Lipinski definition) is 0. The molecule has 1 aromatic heterocycles. The molecule has 2 heterocycles. The number of anilines is 1. The van der Waals surface area contributed by atoms with Gasteiger partial charge in [0.05, 0.1) is 12.6 Å². The molecule has 1 saturated heterocycles. The van der Waals surface area contributed by atoms with Gasteiger partial charge < -0.3 is 4.74 Å². The van der Waals surface area contributed by atoms with E-state index in [0.717, 1.165) is 22.2 Å². The topological polar surface area (TPSA) is 63.5 Å². The van der Waals surface area contributed by atoms with E-state index in [1.54, 1.807) is 33.7 Å². The van der Waals surface area contributed by atoms with Crippen LogP contribution in [-0.2, 0) is 6.54 Å². The van der Waals surface area contributed by atoms with Crippen molar-refractivity contribution in [2.75, 3.05) is 12.0 Å². The van der Waals surface area contributed by atoms with Crippen LogP contribution in [-0.4, -0.2) is 33.0 Å². The molecule has 6 rings (SSSR count). The number of halogens is 1. The number of carbonyl (C=O) groups is 1. The average Bonchev–Trinajstić information content (AvgIpc) is 3.48. The third kappa shape index (κ3) is 4.06. The van der Waals surface area contributed by atoms with Gasteiger partial charge in [-0.3, -0.25) is 9.80 Å². The van der Waals surface area contributed by atoms with Gasteiger partial charge in [0.25, 0.3) is 0 Å². The summed E-state index contributed by atoms with van der Waals surface area (Å²) in [5, 5.41) is 8.88. The molecule has 0 aliphatic carbocycles. The zero-order valence-electron chi connectivity index (χ0n) is 20.1. The lowest BCUT2D eigenvalue weighted by Crippen LogP contribution is -2.33. The van der Waals surface area contributed by atoms with Crippen LogP contribution in [0.3, 0.4) is 0 Å². The van der Waals surface area contributed by atoms with E-state index in [1.165, 1.54) is 12.1 Å². The van der Waals surface area contributed by atoms with Crippen LogP contribution in [0.25, 0.3) is 11.0 Å². The van der Waals surface area contributed by atoms with Gasteiger partial charge in [-0.2, -0.15) is 0 Å². The minimum atomic E-state index is -0.548. The van der Waals surface area contributed by atoms with E-state index in [9.17, 15) is 9.18 Å². The fourth-order valence-corrected chi connectivity index (χ4v) is 4.96. The second-order valence-electron chi connectivity index (χ2n) is 8.90. The van der Waals surface area contributed by atoms with Gasteiger partial charge in [0.2, 0.25) is 0 Å². The number of para-hydroxylation sites is 1. The zero-order valence-corrected chi connectivity index (χ0v) is 20.1. The molecule has 1 aliphatic heterocycles. The van der Waals surface area contributed by atoms with E-state index in [-0.39, 0.29) is 11.8 Å². The largest absolute Gasteiger partial charge is 0.497 e. The van der Waals surface area contributed by atoms with Crippen LogP contribution in [0.4, 0.5) is 14.9 Å². The molecule has 0 N–H and O–H groups in total. The van der Waals surface area contributed by atoms with E-state index in [0.29, 0.717) is 18.0 Å². The Kier molecular flexibility index (Phi) is 5.76. The van der Waals surface area contributed by atoms with Crippen LogP contribution in [0.5, 0.6) is 5.75 Å². The predicted octanol–water partition coefficient (Wildman–Crippen LogP) is 5.96. The van der Waals surface area contributed by atoms with E-state index in [4.69, 9.17) is 4.74 Å². The van der Waals surface area contributed by atoms with Gasteiger partial charge in [-0.25, -0.2) is 13.9 Å². The lowest BCUT2D eigenvalue weighted by Gasteiger charge is -2.29. The number of ether oxygens (including phenoxy) is 1. The fraction of sp³-hybridized carbons (Fsp3) is 0.138. The van der Waals surface area contributed by atoms with Crippen LogP contribution in [0, 0.1) is 5.82 Å². The van der Waals surface area contributed by atoms with Crippen molar-refractivity contribution in [3.8, 4) is 5.75 Å². The van der Waals surface area contributed by atoms with Gasteiger partial charge in [-0.05, 0) is 59.7 Å². The minimum Gasteiger partial charge on any atom is -0.497 e. The van der Waals surface area contributed by atoms with Crippen molar-refractivity contribution >= 4 is 22.8 Å². The number of fused-ring (bicyclic) bond motifs is 1. The highest BCUT2D eigenvalue weighted by atomic mass is 19.1. The van der Waals surface area contributed by atoms with E-state index in [2.05, 4.69) is 10.3 Å². The Hall–Kier alpha value is -4.72. The Balaban J connectivity index is 1.56. The Labute approximate surface area is 213 Å². The maximum Gasteiger partial charge on any atom is 0.327 e. The second kappa shape index (κ2) is 9.39. The highest BCUT2D eigenvalue weighted by Crippen LogP contribution is 2.46. The van der Waals surface area contributed by atoms with E-state index in [1.807, 2.05) is 78.9 Å². The van der Waals surface area contributed by atoms with Crippen LogP contribution < -0.4 is 9.64 Å². The average molecular weight is 494 g/mol. The van der Waals surface area contributed by atoms with Crippen molar-refractivity contribution in [2.45, 2.75) is 18.8 Å². The molecule has 37 heavy (non-hydrogen) atoms. The molecule has 0 saturated carbocycles. The number of hydrogen-bond acceptors (Lipinski definition) is 4. The van der Waals surface area contributed by atoms with Gasteiger partial charge in [-0.15, -0.1) is 5.10 Å². The zero-order chi connectivity index (χ0) is 25.4. The molecule has 2 atom stereocenters. The summed E-state index contributed by atoms with van der Waals surface area (Å²) in [6, 6.07) is 30.5. The number of benzene rings is 4. The molecule has 5 aromatic rings. The normalized spacial score (nSPS) is 17.5. The molecular weight excluding hydrogens is 469 g/mol. The first-order chi connectivity index (χ1) is 18.1. The SMILES string of the molecule is COc1ccc(N2C(=O)N(Cc3ccccc3)[C@@H](n3nnc4ccccc43)[C@@H]2c2ccc(F)cc2)cc1. The van der Waals surface area contributed by atoms with Crippen molar-refractivity contribution in [1.29, 1.82) is 0 Å². The summed E-state index contributed by atoms with van der Waals surface area (Å²) in [6.07, 6.45) is -0.548. The van der Waals surface area contributed by atoms with Gasteiger partial charge >= 0.3 is 6.03 Å². The molecule has 0 spiro atoms. The number of carbonyl (C=O) groups excluding carboxylic acids is 1. The summed E-state index contributed by atoms with van der Waals surface area (Å²) in [6.45, 7) is 0.364. The summed E-state index contributed by atoms with van der Waals surface area (Å²) < 4.78 is 21.1. The fourth-order valence-electron chi connectivity index (χ4n) is 4.96. The molecule has 7 nitrogen and oxygen atoms in total. The van der Waals surface area contributed by atoms with Crippen molar-refractivity contribution in [3.05, 3.63) is 120 Å². The lowest BCUT2D eigenvalue weighted by atomic mass is 10.0. The Morgan fingerprint density at radius 3 is 2.30 bits per heavy atom. The molecule has 8 heteroatoms. The van der Waals surface area contributed by atoms with Gasteiger partial charge in [0.1, 0.15) is 23.1 Å². The number of aromatic nitrogens is 3. The quantitative estimate of drug-likeness (QED) is 0.293. The smallest absolute Gasteiger partial charge is 0.327 e. The summed E-state index contributed by atoms with van der Waals surface area (Å²) >= 11 is 0.